The van der Waals surface area contributed by atoms with Gasteiger partial charge in [0.15, 0.2) is 0 Å². The van der Waals surface area contributed by atoms with Gasteiger partial charge in [-0.1, -0.05) is 45.0 Å². The van der Waals surface area contributed by atoms with Crippen LogP contribution in [0.2, 0.25) is 0 Å². The lowest BCUT2D eigenvalue weighted by molar-refractivity contribution is 0.315. The number of benzene rings is 1. The van der Waals surface area contributed by atoms with Crippen LogP contribution in [0.25, 0.3) is 5.57 Å². The molecule has 104 valence electrons. The Bertz CT molecular complexity index is 629. The second-order valence-electron chi connectivity index (χ2n) is 6.47. The average molecular weight is 267 g/mol. The maximum Gasteiger partial charge on any atom is 0.138 e. The zero-order valence-electron chi connectivity index (χ0n) is 12.5. The van der Waals surface area contributed by atoms with Crippen molar-refractivity contribution in [3.05, 3.63) is 65.3 Å². The van der Waals surface area contributed by atoms with Crippen LogP contribution in [0.3, 0.4) is 0 Å². The molecule has 0 radical (unpaired) electrons. The molecule has 3 rings (SSSR count). The van der Waals surface area contributed by atoms with Gasteiger partial charge < -0.3 is 10.1 Å². The summed E-state index contributed by atoms with van der Waals surface area (Å²) in [4.78, 5) is 0. The molecule has 2 aliphatic heterocycles. The van der Waals surface area contributed by atoms with Gasteiger partial charge in [-0.3, -0.25) is 0 Å². The molecule has 1 aromatic carbocycles. The SMILES string of the molecule is CC1=CC2NC=CC(c3cccc(C(C)(C)C)c3)=C2O1. The van der Waals surface area contributed by atoms with E-state index in [1.54, 1.807) is 0 Å². The molecule has 0 bridgehead atoms. The van der Waals surface area contributed by atoms with E-state index in [-0.39, 0.29) is 11.5 Å². The van der Waals surface area contributed by atoms with E-state index in [4.69, 9.17) is 4.74 Å². The molecule has 20 heavy (non-hydrogen) atoms. The normalized spacial score (nSPS) is 21.2. The van der Waals surface area contributed by atoms with Gasteiger partial charge in [0.2, 0.25) is 0 Å². The summed E-state index contributed by atoms with van der Waals surface area (Å²) in [6.45, 7) is 8.71. The van der Waals surface area contributed by atoms with Crippen LogP contribution in [0, 0.1) is 0 Å². The van der Waals surface area contributed by atoms with Crippen molar-refractivity contribution in [2.45, 2.75) is 39.2 Å². The fraction of sp³-hybridized carbons (Fsp3) is 0.333. The highest BCUT2D eigenvalue weighted by Gasteiger charge is 2.26. The molecule has 0 saturated carbocycles. The van der Waals surface area contributed by atoms with Gasteiger partial charge in [-0.15, -0.1) is 0 Å². The monoisotopic (exact) mass is 267 g/mol. The molecule has 2 nitrogen and oxygen atoms in total. The largest absolute Gasteiger partial charge is 0.463 e. The molecule has 2 heteroatoms. The first-order valence-electron chi connectivity index (χ1n) is 7.09. The van der Waals surface area contributed by atoms with Gasteiger partial charge >= 0.3 is 0 Å². The number of fused-ring (bicyclic) bond motifs is 1. The zero-order chi connectivity index (χ0) is 14.3. The number of allylic oxidation sites excluding steroid dienone is 3. The minimum atomic E-state index is 0.155. The number of hydrogen-bond donors (Lipinski definition) is 1. The molecular formula is C18H21NO. The van der Waals surface area contributed by atoms with Crippen molar-refractivity contribution in [3.8, 4) is 0 Å². The van der Waals surface area contributed by atoms with E-state index in [0.717, 1.165) is 11.5 Å². The summed E-state index contributed by atoms with van der Waals surface area (Å²) in [6, 6.07) is 8.92. The van der Waals surface area contributed by atoms with E-state index >= 15 is 0 Å². The molecule has 0 spiro atoms. The Morgan fingerprint density at radius 1 is 1.20 bits per heavy atom. The van der Waals surface area contributed by atoms with Crippen LogP contribution >= 0.6 is 0 Å². The van der Waals surface area contributed by atoms with Crippen LogP contribution < -0.4 is 5.32 Å². The smallest absolute Gasteiger partial charge is 0.138 e. The number of ether oxygens (including phenoxy) is 1. The third kappa shape index (κ3) is 2.26. The summed E-state index contributed by atoms with van der Waals surface area (Å²) in [5, 5.41) is 3.32. The van der Waals surface area contributed by atoms with Crippen molar-refractivity contribution in [1.29, 1.82) is 0 Å². The Labute approximate surface area is 120 Å². The summed E-state index contributed by atoms with van der Waals surface area (Å²) < 4.78 is 5.88. The topological polar surface area (TPSA) is 21.3 Å². The van der Waals surface area contributed by atoms with Gasteiger partial charge in [-0.25, -0.2) is 0 Å². The van der Waals surface area contributed by atoms with Crippen molar-refractivity contribution in [1.82, 2.24) is 5.32 Å². The van der Waals surface area contributed by atoms with Crippen LogP contribution in [0.15, 0.2) is 54.1 Å². The highest BCUT2D eigenvalue weighted by Crippen LogP contribution is 2.34. The van der Waals surface area contributed by atoms with Crippen LogP contribution in [-0.2, 0) is 10.2 Å². The second kappa shape index (κ2) is 4.55. The Hall–Kier alpha value is -1.96. The van der Waals surface area contributed by atoms with Gasteiger partial charge in [0.25, 0.3) is 0 Å². The summed E-state index contributed by atoms with van der Waals surface area (Å²) in [7, 11) is 0. The molecule has 0 aliphatic carbocycles. The first-order valence-corrected chi connectivity index (χ1v) is 7.09. The standard InChI is InChI=1S/C18H21NO/c1-12-10-16-17(20-12)15(8-9-19-16)13-6-5-7-14(11-13)18(2,3)4/h5-11,16,19H,1-4H3. The van der Waals surface area contributed by atoms with Gasteiger partial charge in [0.05, 0.1) is 5.76 Å². The number of hydrogen-bond acceptors (Lipinski definition) is 2. The van der Waals surface area contributed by atoms with Crippen LogP contribution in [0.5, 0.6) is 0 Å². The van der Waals surface area contributed by atoms with Crippen molar-refractivity contribution >= 4 is 5.57 Å². The van der Waals surface area contributed by atoms with E-state index < -0.39 is 0 Å². The third-order valence-electron chi connectivity index (χ3n) is 3.79. The summed E-state index contributed by atoms with van der Waals surface area (Å²) in [5.41, 5.74) is 3.89. The van der Waals surface area contributed by atoms with Crippen molar-refractivity contribution in [3.63, 3.8) is 0 Å². The van der Waals surface area contributed by atoms with Gasteiger partial charge in [0.1, 0.15) is 11.8 Å². The predicted octanol–water partition coefficient (Wildman–Crippen LogP) is 4.11. The molecule has 0 fully saturated rings. The number of rotatable bonds is 1. The minimum Gasteiger partial charge on any atom is -0.463 e. The molecule has 2 heterocycles. The van der Waals surface area contributed by atoms with Crippen molar-refractivity contribution < 1.29 is 4.74 Å². The lowest BCUT2D eigenvalue weighted by Gasteiger charge is -2.22. The van der Waals surface area contributed by atoms with E-state index in [1.807, 2.05) is 13.1 Å². The molecule has 1 N–H and O–H groups in total. The maximum absolute atomic E-state index is 5.88. The van der Waals surface area contributed by atoms with Gasteiger partial charge in [0, 0.05) is 5.57 Å². The third-order valence-corrected chi connectivity index (χ3v) is 3.79. The molecule has 1 atom stereocenters. The zero-order valence-corrected chi connectivity index (χ0v) is 12.5. The van der Waals surface area contributed by atoms with Crippen LogP contribution in [-0.4, -0.2) is 6.04 Å². The molecule has 1 unspecified atom stereocenters. The number of nitrogens with one attached hydrogen (secondary N) is 1. The molecule has 0 aromatic heterocycles. The van der Waals surface area contributed by atoms with Crippen molar-refractivity contribution in [2.75, 3.05) is 0 Å². The molecule has 0 saturated heterocycles. The summed E-state index contributed by atoms with van der Waals surface area (Å²) in [6.07, 6.45) is 6.22. The molecule has 0 amide bonds. The highest BCUT2D eigenvalue weighted by molar-refractivity contribution is 5.78. The Balaban J connectivity index is 2.05. The first-order chi connectivity index (χ1) is 9.45. The maximum atomic E-state index is 5.88. The molecular weight excluding hydrogens is 246 g/mol. The van der Waals surface area contributed by atoms with Crippen molar-refractivity contribution in [2.24, 2.45) is 0 Å². The highest BCUT2D eigenvalue weighted by atomic mass is 16.5. The Kier molecular flexibility index (Phi) is 2.97. The van der Waals surface area contributed by atoms with E-state index in [9.17, 15) is 0 Å². The summed E-state index contributed by atoms with van der Waals surface area (Å²) >= 11 is 0. The molecule has 1 aromatic rings. The van der Waals surface area contributed by atoms with Gasteiger partial charge in [-0.2, -0.15) is 0 Å². The van der Waals surface area contributed by atoms with E-state index in [2.05, 4.69) is 62.5 Å². The minimum absolute atomic E-state index is 0.155. The van der Waals surface area contributed by atoms with Crippen LogP contribution in [0.1, 0.15) is 38.8 Å². The fourth-order valence-corrected chi connectivity index (χ4v) is 2.64. The first kappa shape index (κ1) is 13.0. The summed E-state index contributed by atoms with van der Waals surface area (Å²) in [5.74, 6) is 1.97. The quantitative estimate of drug-likeness (QED) is 0.826. The predicted molar refractivity (Wildman–Crippen MR) is 83.0 cm³/mol. The van der Waals surface area contributed by atoms with E-state index in [0.29, 0.717) is 0 Å². The fourth-order valence-electron chi connectivity index (χ4n) is 2.64. The Morgan fingerprint density at radius 3 is 2.75 bits per heavy atom. The lowest BCUT2D eigenvalue weighted by atomic mass is 9.85. The van der Waals surface area contributed by atoms with Crippen LogP contribution in [0.4, 0.5) is 0 Å². The lowest BCUT2D eigenvalue weighted by Crippen LogP contribution is -2.25. The second-order valence-corrected chi connectivity index (χ2v) is 6.47. The number of dihydropyridines is 1. The Morgan fingerprint density at radius 2 is 2.00 bits per heavy atom. The average Bonchev–Trinajstić information content (AvgIpc) is 2.77. The van der Waals surface area contributed by atoms with E-state index in [1.165, 1.54) is 16.7 Å². The molecule has 2 aliphatic rings. The van der Waals surface area contributed by atoms with Gasteiger partial charge in [-0.05, 0) is 41.8 Å².